The largest absolute Gasteiger partial charge is 0.472 e. The Morgan fingerprint density at radius 1 is 0.523 bits per heavy atom. The van der Waals surface area contributed by atoms with E-state index in [0.717, 1.165) is 94.7 Å². The van der Waals surface area contributed by atoms with Crippen molar-refractivity contribution in [1.29, 1.82) is 0 Å². The van der Waals surface area contributed by atoms with Gasteiger partial charge in [-0.1, -0.05) is 134 Å². The van der Waals surface area contributed by atoms with Gasteiger partial charge >= 0.3 is 6.18 Å². The summed E-state index contributed by atoms with van der Waals surface area (Å²) in [5.41, 5.74) is 14.3. The molecular formula is C58H70BF3N2O. The fraction of sp³-hybridized carbons (Fsp3) is 0.517. The van der Waals surface area contributed by atoms with E-state index in [1.54, 1.807) is 0 Å². The van der Waals surface area contributed by atoms with Crippen LogP contribution in [0.3, 0.4) is 0 Å². The van der Waals surface area contributed by atoms with Gasteiger partial charge in [-0.25, -0.2) is 0 Å². The number of alkyl halides is 3. The maximum Gasteiger partial charge on any atom is 0.416 e. The first-order chi connectivity index (χ1) is 29.9. The van der Waals surface area contributed by atoms with Gasteiger partial charge in [0.15, 0.2) is 0 Å². The van der Waals surface area contributed by atoms with Gasteiger partial charge in [0.05, 0.1) is 16.9 Å². The van der Waals surface area contributed by atoms with Crippen LogP contribution in [0.1, 0.15) is 193 Å². The monoisotopic (exact) mass is 879 g/mol. The van der Waals surface area contributed by atoms with Crippen molar-refractivity contribution in [2.45, 2.75) is 193 Å². The number of hydrogen-bond donors (Lipinski definition) is 0. The Morgan fingerprint density at radius 3 is 1.66 bits per heavy atom. The third-order valence-electron chi connectivity index (χ3n) is 17.2. The summed E-state index contributed by atoms with van der Waals surface area (Å²) in [5, 5.41) is 0. The quantitative estimate of drug-likeness (QED) is 0.161. The van der Waals surface area contributed by atoms with E-state index >= 15 is 13.2 Å². The predicted octanol–water partition coefficient (Wildman–Crippen LogP) is 15.0. The van der Waals surface area contributed by atoms with Crippen LogP contribution in [0.4, 0.5) is 47.3 Å². The van der Waals surface area contributed by atoms with E-state index < -0.39 is 18.5 Å². The highest BCUT2D eigenvalue weighted by molar-refractivity contribution is 6.99. The van der Waals surface area contributed by atoms with Crippen LogP contribution in [0.25, 0.3) is 0 Å². The van der Waals surface area contributed by atoms with Gasteiger partial charge in [0.25, 0.3) is 6.71 Å². The first-order valence-corrected chi connectivity index (χ1v) is 24.3. The van der Waals surface area contributed by atoms with E-state index in [1.807, 2.05) is 0 Å². The van der Waals surface area contributed by atoms with E-state index in [9.17, 15) is 0 Å². The van der Waals surface area contributed by atoms with E-state index in [0.29, 0.717) is 11.4 Å². The van der Waals surface area contributed by atoms with Gasteiger partial charge in [-0.05, 0) is 153 Å². The molecule has 0 unspecified atom stereocenters. The van der Waals surface area contributed by atoms with Gasteiger partial charge < -0.3 is 14.2 Å². The molecule has 0 bridgehead atoms. The Kier molecular flexibility index (Phi) is 9.17. The Bertz CT molecular complexity index is 2840. The number of rotatable bonds is 2. The number of fused-ring (bicyclic) bond motifs is 9. The van der Waals surface area contributed by atoms with Crippen LogP contribution in [-0.4, -0.2) is 6.71 Å². The first-order valence-electron chi connectivity index (χ1n) is 24.3. The number of benzene rings is 4. The summed E-state index contributed by atoms with van der Waals surface area (Å²) in [6.07, 6.45) is 1.38. The molecule has 0 saturated carbocycles. The van der Waals surface area contributed by atoms with E-state index in [4.69, 9.17) is 4.42 Å². The number of aryl methyl sites for hydroxylation is 1. The summed E-state index contributed by atoms with van der Waals surface area (Å²) in [4.78, 5) is 4.47. The Balaban J connectivity index is 1.40. The minimum Gasteiger partial charge on any atom is -0.472 e. The molecule has 3 nitrogen and oxygen atoms in total. The first kappa shape index (κ1) is 44.5. The number of halogens is 3. The molecule has 5 aromatic rings. The second kappa shape index (κ2) is 13.4. The lowest BCUT2D eigenvalue weighted by Gasteiger charge is -2.49. The Labute approximate surface area is 387 Å². The molecule has 3 aliphatic carbocycles. The predicted molar refractivity (Wildman–Crippen MR) is 267 cm³/mol. The van der Waals surface area contributed by atoms with E-state index in [2.05, 4.69) is 169 Å². The number of furan rings is 1. The average molecular weight is 879 g/mol. The second-order valence-electron chi connectivity index (χ2n) is 25.8. The molecule has 10 rings (SSSR count). The third-order valence-corrected chi connectivity index (χ3v) is 17.2. The highest BCUT2D eigenvalue weighted by atomic mass is 19.4. The van der Waals surface area contributed by atoms with Crippen LogP contribution in [-0.2, 0) is 44.1 Å². The molecule has 65 heavy (non-hydrogen) atoms. The van der Waals surface area contributed by atoms with Gasteiger partial charge in [0, 0.05) is 39.4 Å². The Morgan fingerprint density at radius 2 is 1.06 bits per heavy atom. The Hall–Kier alpha value is -4.39. The molecule has 0 saturated heterocycles. The van der Waals surface area contributed by atoms with E-state index in [-0.39, 0.29) is 37.9 Å². The van der Waals surface area contributed by atoms with Gasteiger partial charge in [0.1, 0.15) is 5.76 Å². The molecule has 2 aliphatic heterocycles. The fourth-order valence-electron chi connectivity index (χ4n) is 12.8. The molecule has 0 atom stereocenters. The van der Waals surface area contributed by atoms with Crippen LogP contribution in [0.5, 0.6) is 0 Å². The van der Waals surface area contributed by atoms with Crippen molar-refractivity contribution in [3.05, 3.63) is 111 Å². The molecule has 0 spiro atoms. The van der Waals surface area contributed by atoms with Crippen molar-refractivity contribution in [1.82, 2.24) is 0 Å². The SMILES string of the molecule is Cc1cc(C(C)(C)C)ccc1N1c2cc(C(F)(F)F)cc3c2B(c2ccc4c(c2N3c2ccc3c(c2)C(C)(C)CCC3(C)C)C(C)(C)CCC4(C)C)c2oc3c(c21)C(C)(C)CCC3(C)C. The molecule has 3 heterocycles. The van der Waals surface area contributed by atoms with Crippen molar-refractivity contribution in [2.24, 2.45) is 0 Å². The second-order valence-corrected chi connectivity index (χ2v) is 25.8. The van der Waals surface area contributed by atoms with Crippen molar-refractivity contribution in [3.63, 3.8) is 0 Å². The van der Waals surface area contributed by atoms with Crippen molar-refractivity contribution >= 4 is 57.4 Å². The van der Waals surface area contributed by atoms with E-state index in [1.165, 1.54) is 39.9 Å². The smallest absolute Gasteiger partial charge is 0.416 e. The molecule has 7 heteroatoms. The zero-order chi connectivity index (χ0) is 47.1. The summed E-state index contributed by atoms with van der Waals surface area (Å²) < 4.78 is 55.6. The minimum atomic E-state index is -4.61. The van der Waals surface area contributed by atoms with Crippen LogP contribution in [0.2, 0.25) is 0 Å². The zero-order valence-electron chi connectivity index (χ0n) is 42.0. The van der Waals surface area contributed by atoms with Crippen LogP contribution in [0.15, 0.2) is 65.1 Å². The lowest BCUT2D eigenvalue weighted by molar-refractivity contribution is -0.137. The summed E-state index contributed by atoms with van der Waals surface area (Å²) >= 11 is 0. The maximum absolute atomic E-state index is 16.0. The summed E-state index contributed by atoms with van der Waals surface area (Å²) in [7, 11) is 0. The third kappa shape index (κ3) is 6.42. The molecule has 0 amide bonds. The van der Waals surface area contributed by atoms with Gasteiger partial charge in [-0.2, -0.15) is 13.2 Å². The molecule has 5 aliphatic rings. The minimum absolute atomic E-state index is 0.0217. The summed E-state index contributed by atoms with van der Waals surface area (Å²) in [5.74, 6) is 0.959. The molecule has 0 N–H and O–H groups in total. The van der Waals surface area contributed by atoms with Crippen molar-refractivity contribution in [2.75, 3.05) is 9.80 Å². The topological polar surface area (TPSA) is 19.6 Å². The molecule has 0 radical (unpaired) electrons. The molecule has 342 valence electrons. The van der Waals surface area contributed by atoms with Gasteiger partial charge in [0.2, 0.25) is 0 Å². The molecule has 0 fully saturated rings. The standard InChI is InChI=1S/C58H70BF3N2O/c1-33-29-34(51(2,3)4)17-22-41(33)64-43-31-35(58(60,61)62)30-42-46(43)59(50-48(64)45-49(65-50)57(15,16)28-27-56(45,13)14)40-21-20-38-44(55(11,12)26-25-53(38,7)8)47(40)63(42)36-18-19-37-39(32-36)54(9,10)24-23-52(37,5)6/h17-22,29-32H,23-28H2,1-16H3. The molecule has 1 aromatic heterocycles. The maximum atomic E-state index is 16.0. The molecule has 4 aromatic carbocycles. The highest BCUT2D eigenvalue weighted by Crippen LogP contribution is 2.58. The van der Waals surface area contributed by atoms with Gasteiger partial charge in [-0.3, -0.25) is 0 Å². The fourth-order valence-corrected chi connectivity index (χ4v) is 12.8. The number of anilines is 6. The normalized spacial score (nSPS) is 21.4. The number of hydrogen-bond acceptors (Lipinski definition) is 3. The van der Waals surface area contributed by atoms with Crippen molar-refractivity contribution < 1.29 is 17.6 Å². The summed E-state index contributed by atoms with van der Waals surface area (Å²) in [6.45, 7) is 36.2. The lowest BCUT2D eigenvalue weighted by atomic mass is 9.34. The van der Waals surface area contributed by atoms with Gasteiger partial charge in [-0.15, -0.1) is 0 Å². The zero-order valence-corrected chi connectivity index (χ0v) is 42.0. The highest BCUT2D eigenvalue weighted by Gasteiger charge is 2.55. The average Bonchev–Trinajstić information content (AvgIpc) is 3.62. The van der Waals surface area contributed by atoms with Crippen molar-refractivity contribution in [3.8, 4) is 0 Å². The molecular weight excluding hydrogens is 808 g/mol. The number of nitrogens with zero attached hydrogens (tertiary/aromatic N) is 2. The van der Waals surface area contributed by atoms with Crippen LogP contribution >= 0.6 is 0 Å². The van der Waals surface area contributed by atoms with Crippen LogP contribution < -0.4 is 26.4 Å². The van der Waals surface area contributed by atoms with Crippen LogP contribution in [0, 0.1) is 6.92 Å². The lowest BCUT2D eigenvalue weighted by Crippen LogP contribution is -2.62. The summed E-state index contributed by atoms with van der Waals surface area (Å²) in [6, 6.07) is 21.0.